The summed E-state index contributed by atoms with van der Waals surface area (Å²) >= 11 is 18.3. The van der Waals surface area contributed by atoms with Crippen LogP contribution in [0.4, 0.5) is 26.3 Å². The van der Waals surface area contributed by atoms with E-state index in [0.717, 1.165) is 38.9 Å². The molecule has 2 unspecified atom stereocenters. The first-order valence-corrected chi connectivity index (χ1v) is 28.3. The smallest absolute Gasteiger partial charge is 0.337 e. The van der Waals surface area contributed by atoms with Crippen LogP contribution in [0.1, 0.15) is 134 Å². The number of nitrogens with one attached hydrogen (secondary N) is 4. The van der Waals surface area contributed by atoms with Crippen molar-refractivity contribution < 1.29 is 75.7 Å². The van der Waals surface area contributed by atoms with Crippen LogP contribution in [-0.2, 0) is 16.0 Å². The predicted octanol–water partition coefficient (Wildman–Crippen LogP) is 9.38. The van der Waals surface area contributed by atoms with E-state index in [2.05, 4.69) is 35.6 Å². The summed E-state index contributed by atoms with van der Waals surface area (Å²) in [6, 6.07) is 4.75. The molecule has 11 rings (SSSR count). The number of aliphatic hydroxyl groups is 4. The monoisotopic (exact) mass is 1230 g/mol. The van der Waals surface area contributed by atoms with Gasteiger partial charge < -0.3 is 65.9 Å². The Kier molecular flexibility index (Phi) is 21.8. The van der Waals surface area contributed by atoms with Gasteiger partial charge in [0.05, 0.1) is 90.1 Å². The van der Waals surface area contributed by atoms with Gasteiger partial charge in [-0.3, -0.25) is 9.59 Å². The topological polar surface area (TPSA) is 296 Å². The molecule has 456 valence electrons. The first-order chi connectivity index (χ1) is 39.2. The molecule has 8 heterocycles. The van der Waals surface area contributed by atoms with Crippen molar-refractivity contribution in [2.24, 2.45) is 5.73 Å². The molecular weight excluding hydrogens is 1170 g/mol. The zero-order chi connectivity index (χ0) is 60.4. The number of alkyl halides is 6. The minimum atomic E-state index is -2.74. The second-order valence-electron chi connectivity index (χ2n) is 21.7. The number of hydrogen-bond donors (Lipinski definition) is 10. The molecule has 5 fully saturated rings. The van der Waals surface area contributed by atoms with Gasteiger partial charge in [-0.25, -0.2) is 46.1 Å². The largest absolute Gasteiger partial charge is 0.478 e. The highest BCUT2D eigenvalue weighted by atomic mass is 35.5. The van der Waals surface area contributed by atoms with Crippen LogP contribution in [0, 0.1) is 0 Å². The summed E-state index contributed by atoms with van der Waals surface area (Å²) in [5.74, 6) is -9.92. The van der Waals surface area contributed by atoms with Crippen LogP contribution in [0.2, 0.25) is 15.1 Å². The zero-order valence-corrected chi connectivity index (χ0v) is 47.4. The number of nitrogens with zero attached hydrogens (tertiary/aromatic N) is 4. The third-order valence-electron chi connectivity index (χ3n) is 15.4. The third kappa shape index (κ3) is 17.6. The Bertz CT molecular complexity index is 3140. The fraction of sp³-hybridized carbons (Fsp3) is 0.564. The number of fused-ring (bicyclic) bond motifs is 3. The molecule has 0 radical (unpaired) electrons. The second-order valence-corrected chi connectivity index (χ2v) is 22.9. The summed E-state index contributed by atoms with van der Waals surface area (Å²) in [7, 11) is 0. The van der Waals surface area contributed by atoms with E-state index in [-0.39, 0.29) is 121 Å². The molecule has 0 aromatic carbocycles. The van der Waals surface area contributed by atoms with Gasteiger partial charge in [-0.2, -0.15) is 0 Å². The second kappa shape index (κ2) is 27.8. The van der Waals surface area contributed by atoms with Gasteiger partial charge in [-0.15, -0.1) is 0 Å². The number of pyridine rings is 3. The van der Waals surface area contributed by atoms with E-state index in [1.165, 1.54) is 24.8 Å². The Morgan fingerprint density at radius 3 is 1.45 bits per heavy atom. The molecule has 2 saturated heterocycles. The van der Waals surface area contributed by atoms with Crippen molar-refractivity contribution in [3.8, 4) is 0 Å². The van der Waals surface area contributed by atoms with Gasteiger partial charge in [-0.1, -0.05) is 34.8 Å². The number of H-pyrrole nitrogens is 2. The van der Waals surface area contributed by atoms with E-state index >= 15 is 0 Å². The lowest BCUT2D eigenvalue weighted by Crippen LogP contribution is -2.47. The summed E-state index contributed by atoms with van der Waals surface area (Å²) in [4.78, 5) is 53.9. The number of ether oxygens (including phenoxy) is 2. The molecule has 11 N–H and O–H groups in total. The molecule has 5 aliphatic rings. The number of aromatic carboxylic acids is 1. The van der Waals surface area contributed by atoms with Crippen molar-refractivity contribution in [3.05, 3.63) is 87.1 Å². The van der Waals surface area contributed by atoms with Crippen molar-refractivity contribution in [2.75, 3.05) is 39.5 Å². The fourth-order valence-electron chi connectivity index (χ4n) is 10.1. The maximum atomic E-state index is 13.4. The van der Waals surface area contributed by atoms with Crippen molar-refractivity contribution in [1.82, 2.24) is 40.1 Å². The van der Waals surface area contributed by atoms with Gasteiger partial charge in [0, 0.05) is 109 Å². The number of rotatable bonds is 11. The van der Waals surface area contributed by atoms with E-state index in [9.17, 15) is 56.0 Å². The molecule has 2 aliphatic heterocycles. The first kappa shape index (κ1) is 65.2. The van der Waals surface area contributed by atoms with E-state index in [4.69, 9.17) is 60.2 Å². The molecule has 0 spiro atoms. The summed E-state index contributed by atoms with van der Waals surface area (Å²) in [5, 5.41) is 55.5. The summed E-state index contributed by atoms with van der Waals surface area (Å²) in [6.45, 7) is 2.25. The van der Waals surface area contributed by atoms with Gasteiger partial charge in [0.15, 0.2) is 0 Å². The lowest BCUT2D eigenvalue weighted by Gasteiger charge is -2.35. The number of amides is 2. The zero-order valence-electron chi connectivity index (χ0n) is 45.2. The average Bonchev–Trinajstić information content (AvgIpc) is 4.36. The quantitative estimate of drug-likeness (QED) is 0.0541. The number of carboxylic acids is 1. The summed E-state index contributed by atoms with van der Waals surface area (Å²) < 4.78 is 90.7. The Balaban J connectivity index is 0.000000162. The van der Waals surface area contributed by atoms with E-state index in [0.29, 0.717) is 65.8 Å². The van der Waals surface area contributed by atoms with Gasteiger partial charge in [0.25, 0.3) is 11.8 Å². The standard InChI is InChI=1S/C20H24ClF2N3O3.C15H16ClF2N3O2.C8H5ClN2O2.C7H13F2NO.C5H10O2/c21-15-3-8-24-17-16(15)14(11-26(17)10-13-2-1-9-29-13)18(27)25-12-19(28)4-6-20(22,23)7-5-19;16-10-1-6-19-12-11(10)9(7-20-12)13(22)21-8-14(23)2-4-15(17,18)5-3-14;9-5-1-2-10-7-6(5)4(3-11-7)8(12)13;8-7(9)3-1-6(11,5-10)2-4-7;6-4-5-2-1-3-7-5/h3,8,11,13,28H,1-2,4-7,9-10,12H2,(H,25,27);1,6-7,23H,2-5,8H2,(H,19,20)(H,21,22);1-3H,(H,10,11)(H,12,13);11H,1-5,10H2;5-6H,1-4H2. The van der Waals surface area contributed by atoms with Gasteiger partial charge in [0.1, 0.15) is 16.9 Å². The van der Waals surface area contributed by atoms with Crippen LogP contribution < -0.4 is 16.4 Å². The highest BCUT2D eigenvalue weighted by molar-refractivity contribution is 6.37. The number of halogens is 9. The molecule has 2 amide bonds. The lowest BCUT2D eigenvalue weighted by molar-refractivity contribution is -0.101. The maximum Gasteiger partial charge on any atom is 0.337 e. The minimum absolute atomic E-state index is 0.0452. The highest BCUT2D eigenvalue weighted by Crippen LogP contribution is 2.41. The number of aliphatic hydroxyl groups excluding tert-OH is 1. The van der Waals surface area contributed by atoms with Crippen LogP contribution in [0.3, 0.4) is 0 Å². The highest BCUT2D eigenvalue weighted by Gasteiger charge is 2.44. The first-order valence-electron chi connectivity index (χ1n) is 27.2. The molecular formula is C55H68Cl3F6N9O10. The maximum absolute atomic E-state index is 13.4. The molecule has 0 bridgehead atoms. The number of hydrogen-bond acceptors (Lipinski definition) is 13. The Morgan fingerprint density at radius 1 is 0.614 bits per heavy atom. The molecule has 3 saturated carbocycles. The normalized spacial score (nSPS) is 21.7. The van der Waals surface area contributed by atoms with Crippen LogP contribution in [0.15, 0.2) is 55.4 Å². The number of aromatic amines is 2. The molecule has 2 atom stereocenters. The Labute approximate surface area is 488 Å². The third-order valence-corrected chi connectivity index (χ3v) is 16.3. The molecule has 3 aliphatic carbocycles. The van der Waals surface area contributed by atoms with Crippen LogP contribution in [0.25, 0.3) is 33.1 Å². The van der Waals surface area contributed by atoms with Crippen LogP contribution in [-0.4, -0.2) is 159 Å². The number of carboxylic acid groups (broad SMARTS) is 1. The van der Waals surface area contributed by atoms with Crippen molar-refractivity contribution in [3.63, 3.8) is 0 Å². The number of carbonyl (C=O) groups excluding carboxylic acids is 2. The lowest BCUT2D eigenvalue weighted by atomic mass is 9.82. The number of nitrogens with two attached hydrogens (primary N) is 1. The van der Waals surface area contributed by atoms with Gasteiger partial charge in [0.2, 0.25) is 17.8 Å². The molecule has 28 heteroatoms. The molecule has 83 heavy (non-hydrogen) atoms. The van der Waals surface area contributed by atoms with Gasteiger partial charge in [-0.05, 0) is 82.4 Å². The number of carbonyl (C=O) groups is 3. The average molecular weight is 1240 g/mol. The Hall–Kier alpha value is -5.35. The van der Waals surface area contributed by atoms with E-state index in [1.54, 1.807) is 30.6 Å². The SMILES string of the molecule is NCC1(O)CCC(F)(F)CC1.O=C(NCC1(O)CCC(F)(F)CC1)c1c[nH]c2nccc(Cl)c12.O=C(NCC1(O)CCC(F)(F)CC1)c1cn(CC2CCCO2)c2nccc(Cl)c12.O=C(O)c1c[nH]c2nccc(Cl)c12.OCC1CCCO1. The summed E-state index contributed by atoms with van der Waals surface area (Å²) in [6.07, 6.45) is 11.6. The van der Waals surface area contributed by atoms with Crippen molar-refractivity contribution >= 4 is 85.7 Å². The Morgan fingerprint density at radius 2 is 1.02 bits per heavy atom. The fourth-order valence-corrected chi connectivity index (χ4v) is 10.9. The van der Waals surface area contributed by atoms with Crippen LogP contribution in [0.5, 0.6) is 0 Å². The van der Waals surface area contributed by atoms with Crippen molar-refractivity contribution in [2.45, 2.75) is 156 Å². The van der Waals surface area contributed by atoms with Crippen molar-refractivity contribution in [1.29, 1.82) is 0 Å². The predicted molar refractivity (Wildman–Crippen MR) is 298 cm³/mol. The van der Waals surface area contributed by atoms with E-state index in [1.807, 2.05) is 4.57 Å². The molecule has 6 aromatic rings. The molecule has 19 nitrogen and oxygen atoms in total. The van der Waals surface area contributed by atoms with Gasteiger partial charge >= 0.3 is 5.97 Å². The van der Waals surface area contributed by atoms with E-state index < -0.39 is 52.4 Å². The minimum Gasteiger partial charge on any atom is -0.478 e. The van der Waals surface area contributed by atoms with Crippen LogP contribution >= 0.6 is 34.8 Å². The summed E-state index contributed by atoms with van der Waals surface area (Å²) in [5.41, 5.74) is 3.95. The number of aromatic nitrogens is 6. The molecule has 6 aromatic heterocycles.